The minimum Gasteiger partial charge on any atom is -0.391 e. The molecule has 4 nitrogen and oxygen atoms in total. The lowest BCUT2D eigenvalue weighted by molar-refractivity contribution is -0.138. The van der Waals surface area contributed by atoms with Crippen LogP contribution < -0.4 is 0 Å². The van der Waals surface area contributed by atoms with Gasteiger partial charge < -0.3 is 10.0 Å². The van der Waals surface area contributed by atoms with Crippen molar-refractivity contribution >= 4 is 5.91 Å². The number of carbonyl (C=O) groups is 1. The third kappa shape index (κ3) is 3.23. The van der Waals surface area contributed by atoms with E-state index in [1.54, 1.807) is 4.90 Å². The van der Waals surface area contributed by atoms with E-state index in [1.807, 2.05) is 7.05 Å². The van der Waals surface area contributed by atoms with Crippen molar-refractivity contribution in [3.8, 4) is 0 Å². The third-order valence-corrected chi connectivity index (χ3v) is 4.31. The van der Waals surface area contributed by atoms with Gasteiger partial charge in [-0.2, -0.15) is 0 Å². The van der Waals surface area contributed by atoms with E-state index in [0.29, 0.717) is 12.5 Å². The molecule has 0 aromatic rings. The van der Waals surface area contributed by atoms with E-state index in [-0.39, 0.29) is 18.1 Å². The summed E-state index contributed by atoms with van der Waals surface area (Å²) in [5.74, 6) is 0.630. The summed E-state index contributed by atoms with van der Waals surface area (Å²) in [7, 11) is 1.83. The fourth-order valence-electron chi connectivity index (χ4n) is 2.90. The zero-order valence-corrected chi connectivity index (χ0v) is 11.6. The Morgan fingerprint density at radius 3 is 2.72 bits per heavy atom. The summed E-state index contributed by atoms with van der Waals surface area (Å²) in [5.41, 5.74) is 0. The van der Waals surface area contributed by atoms with E-state index in [0.717, 1.165) is 38.8 Å². The molecule has 0 spiro atoms. The maximum Gasteiger partial charge on any atom is 0.239 e. The molecule has 1 saturated carbocycles. The Bertz CT molecular complexity index is 292. The predicted octanol–water partition coefficient (Wildman–Crippen LogP) is 1.09. The normalized spacial score (nSPS) is 26.9. The van der Waals surface area contributed by atoms with E-state index >= 15 is 0 Å². The number of amides is 1. The summed E-state index contributed by atoms with van der Waals surface area (Å²) in [5, 5.41) is 9.92. The lowest BCUT2D eigenvalue weighted by atomic mass is 10.0. The first-order valence-corrected chi connectivity index (χ1v) is 7.30. The van der Waals surface area contributed by atoms with Gasteiger partial charge in [-0.25, -0.2) is 0 Å². The number of piperidine rings is 1. The Balaban J connectivity index is 1.87. The van der Waals surface area contributed by atoms with Gasteiger partial charge in [0.2, 0.25) is 5.91 Å². The quantitative estimate of drug-likeness (QED) is 0.799. The molecule has 0 radical (unpaired) electrons. The molecule has 1 aliphatic heterocycles. The Hall–Kier alpha value is -0.610. The largest absolute Gasteiger partial charge is 0.391 e. The highest BCUT2D eigenvalue weighted by Crippen LogP contribution is 2.32. The van der Waals surface area contributed by atoms with Gasteiger partial charge in [0.1, 0.15) is 0 Å². The van der Waals surface area contributed by atoms with Crippen molar-refractivity contribution in [2.24, 2.45) is 5.92 Å². The minimum absolute atomic E-state index is 0.0418. The lowest BCUT2D eigenvalue weighted by Gasteiger charge is -2.36. The monoisotopic (exact) mass is 254 g/mol. The number of hydrogen-bond donors (Lipinski definition) is 1. The Morgan fingerprint density at radius 1 is 1.39 bits per heavy atom. The van der Waals surface area contributed by atoms with Gasteiger partial charge in [-0.3, -0.25) is 9.69 Å². The van der Waals surface area contributed by atoms with Gasteiger partial charge in [0.25, 0.3) is 0 Å². The summed E-state index contributed by atoms with van der Waals surface area (Å²) in [6.07, 6.45) is 5.23. The van der Waals surface area contributed by atoms with Crippen LogP contribution in [0.1, 0.15) is 39.0 Å². The molecule has 1 heterocycles. The maximum atomic E-state index is 12.4. The smallest absolute Gasteiger partial charge is 0.239 e. The molecule has 1 aliphatic carbocycles. The van der Waals surface area contributed by atoms with E-state index in [1.165, 1.54) is 6.42 Å². The Labute approximate surface area is 110 Å². The second-order valence-electron chi connectivity index (χ2n) is 5.76. The topological polar surface area (TPSA) is 43.8 Å². The molecule has 1 N–H and O–H groups in total. The molecule has 0 aromatic heterocycles. The van der Waals surface area contributed by atoms with Gasteiger partial charge in [-0.1, -0.05) is 13.3 Å². The first-order valence-electron chi connectivity index (χ1n) is 7.30. The zero-order chi connectivity index (χ0) is 13.1. The van der Waals surface area contributed by atoms with Crippen LogP contribution in [-0.2, 0) is 4.79 Å². The van der Waals surface area contributed by atoms with Crippen LogP contribution in [0, 0.1) is 5.92 Å². The molecule has 1 amide bonds. The van der Waals surface area contributed by atoms with Crippen molar-refractivity contribution in [2.45, 2.75) is 51.2 Å². The lowest BCUT2D eigenvalue weighted by Crippen LogP contribution is -2.51. The van der Waals surface area contributed by atoms with Gasteiger partial charge in [0.15, 0.2) is 0 Å². The van der Waals surface area contributed by atoms with Crippen LogP contribution in [0.2, 0.25) is 0 Å². The van der Waals surface area contributed by atoms with Crippen molar-refractivity contribution in [1.82, 2.24) is 9.80 Å². The van der Waals surface area contributed by atoms with Crippen LogP contribution in [-0.4, -0.2) is 59.6 Å². The molecule has 2 fully saturated rings. The maximum absolute atomic E-state index is 12.4. The molecule has 0 bridgehead atoms. The number of aliphatic hydroxyl groups excluding tert-OH is 1. The van der Waals surface area contributed by atoms with Crippen molar-refractivity contribution < 1.29 is 9.90 Å². The molecule has 2 aliphatic rings. The molecule has 2 atom stereocenters. The average molecular weight is 254 g/mol. The van der Waals surface area contributed by atoms with Crippen LogP contribution >= 0.6 is 0 Å². The molecule has 2 rings (SSSR count). The van der Waals surface area contributed by atoms with Crippen molar-refractivity contribution in [3.05, 3.63) is 0 Å². The Morgan fingerprint density at radius 2 is 2.11 bits per heavy atom. The first-order chi connectivity index (χ1) is 8.63. The van der Waals surface area contributed by atoms with E-state index in [4.69, 9.17) is 0 Å². The van der Waals surface area contributed by atoms with Crippen molar-refractivity contribution in [1.29, 1.82) is 0 Å². The van der Waals surface area contributed by atoms with Crippen molar-refractivity contribution in [2.75, 3.05) is 26.7 Å². The van der Waals surface area contributed by atoms with Gasteiger partial charge in [-0.05, 0) is 44.7 Å². The van der Waals surface area contributed by atoms with Crippen LogP contribution in [0.15, 0.2) is 0 Å². The fourth-order valence-corrected chi connectivity index (χ4v) is 2.90. The molecule has 1 saturated heterocycles. The van der Waals surface area contributed by atoms with Crippen LogP contribution in [0.3, 0.4) is 0 Å². The molecule has 2 unspecified atom stereocenters. The number of aliphatic hydroxyl groups is 1. The second-order valence-corrected chi connectivity index (χ2v) is 5.76. The molecular formula is C14H26N2O2. The molecule has 18 heavy (non-hydrogen) atoms. The molecule has 4 heteroatoms. The predicted molar refractivity (Wildman–Crippen MR) is 71.3 cm³/mol. The number of rotatable bonds is 5. The fraction of sp³-hybridized carbons (Fsp3) is 0.929. The van der Waals surface area contributed by atoms with E-state index in [2.05, 4.69) is 11.8 Å². The first kappa shape index (κ1) is 13.8. The zero-order valence-electron chi connectivity index (χ0n) is 11.6. The summed E-state index contributed by atoms with van der Waals surface area (Å²) in [6.45, 7) is 4.59. The van der Waals surface area contributed by atoms with Crippen LogP contribution in [0.5, 0.6) is 0 Å². The average Bonchev–Trinajstić information content (AvgIpc) is 3.22. The molecule has 104 valence electrons. The highest BCUT2D eigenvalue weighted by molar-refractivity contribution is 5.81. The van der Waals surface area contributed by atoms with Gasteiger partial charge in [-0.15, -0.1) is 0 Å². The number of likely N-dealkylation sites (tertiary alicyclic amines) is 1. The van der Waals surface area contributed by atoms with Crippen molar-refractivity contribution in [3.63, 3.8) is 0 Å². The second kappa shape index (κ2) is 6.02. The summed E-state index contributed by atoms with van der Waals surface area (Å²) in [4.78, 5) is 16.4. The number of nitrogens with zero attached hydrogens (tertiary/aromatic N) is 2. The Kier molecular flexibility index (Phi) is 4.62. The van der Waals surface area contributed by atoms with Crippen LogP contribution in [0.25, 0.3) is 0 Å². The number of hydrogen-bond acceptors (Lipinski definition) is 3. The van der Waals surface area contributed by atoms with Gasteiger partial charge in [0.05, 0.1) is 12.1 Å². The highest BCUT2D eigenvalue weighted by atomic mass is 16.3. The summed E-state index contributed by atoms with van der Waals surface area (Å²) in [6, 6.07) is 0.0418. The van der Waals surface area contributed by atoms with Crippen LogP contribution in [0.4, 0.5) is 0 Å². The highest BCUT2D eigenvalue weighted by Gasteiger charge is 2.34. The molecule has 0 aromatic carbocycles. The van der Waals surface area contributed by atoms with E-state index < -0.39 is 0 Å². The third-order valence-electron chi connectivity index (χ3n) is 4.31. The van der Waals surface area contributed by atoms with Gasteiger partial charge in [0, 0.05) is 13.6 Å². The number of carbonyl (C=O) groups excluding carboxylic acids is 1. The summed E-state index contributed by atoms with van der Waals surface area (Å²) >= 11 is 0. The number of likely N-dealkylation sites (N-methyl/N-ethyl adjacent to an activating group) is 2. The summed E-state index contributed by atoms with van der Waals surface area (Å²) < 4.78 is 0. The standard InChI is InChI=1S/C14H26N2O2/c1-3-16-9-5-4-6-12(16)14(18)15(2)10-13(17)11-7-8-11/h11-13,17H,3-10H2,1-2H3. The van der Waals surface area contributed by atoms with Gasteiger partial charge >= 0.3 is 0 Å². The molecular weight excluding hydrogens is 228 g/mol. The van der Waals surface area contributed by atoms with E-state index in [9.17, 15) is 9.90 Å². The minimum atomic E-state index is -0.322. The SMILES string of the molecule is CCN1CCCCC1C(=O)N(C)CC(O)C1CC1.